The number of benzene rings is 1. The lowest BCUT2D eigenvalue weighted by atomic mass is 10.0. The number of nitrogens with zero attached hydrogens (tertiary/aromatic N) is 2. The standard InChI is InChI=1S/C16H24ClN3O4/c1-11(2)13(18)6-8-19(3)16(21)7-9-24-15-5-4-12(17)10-14(15)20(22)23/h4-5,10-11,13H,6-9,18H2,1-3H3. The molecule has 8 heteroatoms. The quantitative estimate of drug-likeness (QED) is 0.541. The topological polar surface area (TPSA) is 98.7 Å². The van der Waals surface area contributed by atoms with Gasteiger partial charge < -0.3 is 15.4 Å². The molecule has 1 unspecified atom stereocenters. The molecule has 1 aromatic rings. The number of nitro groups is 1. The summed E-state index contributed by atoms with van der Waals surface area (Å²) >= 11 is 5.74. The smallest absolute Gasteiger partial charge is 0.312 e. The monoisotopic (exact) mass is 357 g/mol. The van der Waals surface area contributed by atoms with Gasteiger partial charge >= 0.3 is 5.69 Å². The fraction of sp³-hybridized carbons (Fsp3) is 0.562. The summed E-state index contributed by atoms with van der Waals surface area (Å²) in [5, 5.41) is 11.2. The molecule has 0 bridgehead atoms. The number of halogens is 1. The molecule has 1 atom stereocenters. The summed E-state index contributed by atoms with van der Waals surface area (Å²) in [5.41, 5.74) is 5.74. The van der Waals surface area contributed by atoms with Crippen LogP contribution in [0.5, 0.6) is 5.75 Å². The summed E-state index contributed by atoms with van der Waals surface area (Å²) in [6.45, 7) is 4.71. The minimum atomic E-state index is -0.567. The van der Waals surface area contributed by atoms with E-state index in [1.54, 1.807) is 11.9 Å². The fourth-order valence-corrected chi connectivity index (χ4v) is 2.16. The molecule has 0 aliphatic carbocycles. The molecule has 0 fully saturated rings. The first kappa shape index (κ1) is 20.2. The number of amides is 1. The van der Waals surface area contributed by atoms with Crippen LogP contribution in [0.25, 0.3) is 0 Å². The Hall–Kier alpha value is -1.86. The van der Waals surface area contributed by atoms with Gasteiger partial charge in [-0.3, -0.25) is 14.9 Å². The van der Waals surface area contributed by atoms with E-state index in [4.69, 9.17) is 22.1 Å². The van der Waals surface area contributed by atoms with E-state index in [9.17, 15) is 14.9 Å². The second-order valence-corrected chi connectivity index (χ2v) is 6.42. The number of hydrogen-bond donors (Lipinski definition) is 1. The van der Waals surface area contributed by atoms with Gasteiger partial charge in [0.1, 0.15) is 0 Å². The minimum absolute atomic E-state index is 0.0493. The third-order valence-electron chi connectivity index (χ3n) is 3.77. The first-order chi connectivity index (χ1) is 11.2. The van der Waals surface area contributed by atoms with Gasteiger partial charge in [0.2, 0.25) is 5.91 Å². The van der Waals surface area contributed by atoms with Gasteiger partial charge in [-0.1, -0.05) is 25.4 Å². The normalized spacial score (nSPS) is 12.1. The number of ether oxygens (including phenoxy) is 1. The van der Waals surface area contributed by atoms with Crippen molar-refractivity contribution in [1.29, 1.82) is 0 Å². The van der Waals surface area contributed by atoms with Gasteiger partial charge in [-0.25, -0.2) is 0 Å². The molecule has 0 saturated carbocycles. The second-order valence-electron chi connectivity index (χ2n) is 5.98. The molecular formula is C16H24ClN3O4. The zero-order valence-electron chi connectivity index (χ0n) is 14.2. The Bertz CT molecular complexity index is 580. The molecule has 1 aromatic carbocycles. The highest BCUT2D eigenvalue weighted by molar-refractivity contribution is 6.30. The van der Waals surface area contributed by atoms with Crippen molar-refractivity contribution >= 4 is 23.2 Å². The maximum Gasteiger partial charge on any atom is 0.312 e. The van der Waals surface area contributed by atoms with Crippen LogP contribution in [0.15, 0.2) is 18.2 Å². The van der Waals surface area contributed by atoms with Gasteiger partial charge in [0, 0.05) is 30.7 Å². The number of nitrogens with two attached hydrogens (primary N) is 1. The molecule has 2 N–H and O–H groups in total. The molecular weight excluding hydrogens is 334 g/mol. The first-order valence-electron chi connectivity index (χ1n) is 7.78. The molecule has 24 heavy (non-hydrogen) atoms. The van der Waals surface area contributed by atoms with E-state index in [2.05, 4.69) is 0 Å². The van der Waals surface area contributed by atoms with Crippen molar-refractivity contribution in [2.75, 3.05) is 20.2 Å². The Morgan fingerprint density at radius 1 is 1.46 bits per heavy atom. The van der Waals surface area contributed by atoms with Crippen molar-refractivity contribution in [2.45, 2.75) is 32.7 Å². The van der Waals surface area contributed by atoms with E-state index in [-0.39, 0.29) is 41.4 Å². The molecule has 0 aromatic heterocycles. The zero-order valence-corrected chi connectivity index (χ0v) is 15.0. The Balaban J connectivity index is 2.47. The zero-order chi connectivity index (χ0) is 18.3. The molecule has 0 aliphatic heterocycles. The van der Waals surface area contributed by atoms with Crippen LogP contribution in [-0.4, -0.2) is 42.0 Å². The summed E-state index contributed by atoms with van der Waals surface area (Å²) in [4.78, 5) is 24.0. The van der Waals surface area contributed by atoms with Crippen LogP contribution >= 0.6 is 11.6 Å². The summed E-state index contributed by atoms with van der Waals surface area (Å²) < 4.78 is 5.37. The fourth-order valence-electron chi connectivity index (χ4n) is 2.00. The third kappa shape index (κ3) is 6.33. The molecule has 0 heterocycles. The Labute approximate surface area is 146 Å². The Kier molecular flexibility index (Phi) is 7.94. The molecule has 0 radical (unpaired) electrons. The highest BCUT2D eigenvalue weighted by Gasteiger charge is 2.17. The van der Waals surface area contributed by atoms with Crippen LogP contribution < -0.4 is 10.5 Å². The maximum absolute atomic E-state index is 12.0. The minimum Gasteiger partial charge on any atom is -0.486 e. The lowest BCUT2D eigenvalue weighted by Crippen LogP contribution is -2.35. The van der Waals surface area contributed by atoms with Gasteiger partial charge in [-0.05, 0) is 24.5 Å². The van der Waals surface area contributed by atoms with Crippen LogP contribution in [0.1, 0.15) is 26.7 Å². The van der Waals surface area contributed by atoms with Crippen molar-refractivity contribution in [3.05, 3.63) is 33.3 Å². The van der Waals surface area contributed by atoms with E-state index in [1.165, 1.54) is 18.2 Å². The third-order valence-corrected chi connectivity index (χ3v) is 4.01. The second kappa shape index (κ2) is 9.44. The van der Waals surface area contributed by atoms with Gasteiger partial charge in [0.05, 0.1) is 18.0 Å². The van der Waals surface area contributed by atoms with E-state index < -0.39 is 4.92 Å². The number of nitro benzene ring substituents is 1. The summed E-state index contributed by atoms with van der Waals surface area (Å²) in [6, 6.07) is 4.20. The number of carbonyl (C=O) groups is 1. The van der Waals surface area contributed by atoms with Crippen molar-refractivity contribution < 1.29 is 14.5 Å². The molecule has 0 spiro atoms. The Morgan fingerprint density at radius 3 is 2.71 bits per heavy atom. The predicted molar refractivity (Wildman–Crippen MR) is 93.3 cm³/mol. The lowest BCUT2D eigenvalue weighted by molar-refractivity contribution is -0.385. The largest absolute Gasteiger partial charge is 0.486 e. The Morgan fingerprint density at radius 2 is 2.12 bits per heavy atom. The highest BCUT2D eigenvalue weighted by Crippen LogP contribution is 2.29. The SMILES string of the molecule is CC(C)C(N)CCN(C)C(=O)CCOc1ccc(Cl)cc1[N+](=O)[O-]. The average molecular weight is 358 g/mol. The average Bonchev–Trinajstić information content (AvgIpc) is 2.52. The van der Waals surface area contributed by atoms with Gasteiger partial charge in [-0.2, -0.15) is 0 Å². The van der Waals surface area contributed by atoms with Crippen molar-refractivity contribution in [3.8, 4) is 5.75 Å². The summed E-state index contributed by atoms with van der Waals surface area (Å²) in [6.07, 6.45) is 0.858. The predicted octanol–water partition coefficient (Wildman–Crippen LogP) is 2.85. The lowest BCUT2D eigenvalue weighted by Gasteiger charge is -2.21. The molecule has 134 valence electrons. The van der Waals surface area contributed by atoms with E-state index in [1.807, 2.05) is 13.8 Å². The van der Waals surface area contributed by atoms with Crippen molar-refractivity contribution in [2.24, 2.45) is 11.7 Å². The molecule has 0 saturated heterocycles. The van der Waals surface area contributed by atoms with E-state index in [0.29, 0.717) is 12.5 Å². The summed E-state index contributed by atoms with van der Waals surface area (Å²) in [7, 11) is 1.71. The number of rotatable bonds is 9. The van der Waals surface area contributed by atoms with E-state index in [0.717, 1.165) is 6.42 Å². The van der Waals surface area contributed by atoms with Gasteiger partial charge in [0.15, 0.2) is 5.75 Å². The van der Waals surface area contributed by atoms with Crippen LogP contribution in [0.4, 0.5) is 5.69 Å². The number of carbonyl (C=O) groups excluding carboxylic acids is 1. The maximum atomic E-state index is 12.0. The van der Waals surface area contributed by atoms with Crippen LogP contribution in [-0.2, 0) is 4.79 Å². The highest BCUT2D eigenvalue weighted by atomic mass is 35.5. The molecule has 7 nitrogen and oxygen atoms in total. The first-order valence-corrected chi connectivity index (χ1v) is 8.16. The van der Waals surface area contributed by atoms with Crippen molar-refractivity contribution in [1.82, 2.24) is 4.90 Å². The summed E-state index contributed by atoms with van der Waals surface area (Å²) in [5.74, 6) is 0.367. The van der Waals surface area contributed by atoms with Crippen LogP contribution in [0, 0.1) is 16.0 Å². The van der Waals surface area contributed by atoms with E-state index >= 15 is 0 Å². The molecule has 1 rings (SSSR count). The van der Waals surface area contributed by atoms with Crippen molar-refractivity contribution in [3.63, 3.8) is 0 Å². The molecule has 1 amide bonds. The van der Waals surface area contributed by atoms with Gasteiger partial charge in [-0.15, -0.1) is 0 Å². The number of hydrogen-bond acceptors (Lipinski definition) is 5. The van der Waals surface area contributed by atoms with Gasteiger partial charge in [0.25, 0.3) is 0 Å². The molecule has 0 aliphatic rings. The van der Waals surface area contributed by atoms with Crippen LogP contribution in [0.2, 0.25) is 5.02 Å². The van der Waals surface area contributed by atoms with Crippen LogP contribution in [0.3, 0.4) is 0 Å².